The lowest BCUT2D eigenvalue weighted by Gasteiger charge is -2.61. The van der Waals surface area contributed by atoms with Gasteiger partial charge in [-0.3, -0.25) is 4.79 Å². The highest BCUT2D eigenvalue weighted by Gasteiger charge is 2.66. The predicted octanol–water partition coefficient (Wildman–Crippen LogP) is 8.29. The van der Waals surface area contributed by atoms with Crippen molar-refractivity contribution in [2.75, 3.05) is 0 Å². The summed E-state index contributed by atoms with van der Waals surface area (Å²) in [6, 6.07) is 0.346. The molecule has 1 heterocycles. The van der Waals surface area contributed by atoms with Gasteiger partial charge in [0.25, 0.3) is 0 Å². The summed E-state index contributed by atoms with van der Waals surface area (Å²) in [7, 11) is 0. The lowest BCUT2D eigenvalue weighted by molar-refractivity contribution is -0.184. The van der Waals surface area contributed by atoms with Crippen LogP contribution in [-0.4, -0.2) is 23.5 Å². The summed E-state index contributed by atoms with van der Waals surface area (Å²) in [6.07, 6.45) is 21.6. The summed E-state index contributed by atoms with van der Waals surface area (Å²) >= 11 is 0. The maximum atomic E-state index is 13.3. The lowest BCUT2D eigenvalue weighted by Crippen LogP contribution is -2.62. The number of ether oxygens (including phenoxy) is 1. The van der Waals surface area contributed by atoms with E-state index in [4.69, 9.17) is 4.74 Å². The molecular weight excluding hydrogens is 458 g/mol. The topological polar surface area (TPSA) is 55.4 Å². The minimum atomic E-state index is -0.341. The molecule has 4 aliphatic rings. The van der Waals surface area contributed by atoms with Gasteiger partial charge in [0.2, 0.25) is 5.91 Å². The fourth-order valence-corrected chi connectivity index (χ4v) is 9.38. The second-order valence-corrected chi connectivity index (χ2v) is 13.6. The number of unbranched alkanes of at least 4 members (excludes halogenated alkanes) is 7. The molecule has 210 valence electrons. The van der Waals surface area contributed by atoms with Crippen molar-refractivity contribution in [3.8, 4) is 0 Å². The Morgan fingerprint density at radius 1 is 0.946 bits per heavy atom. The number of rotatable bonds is 11. The molecule has 1 saturated heterocycles. The van der Waals surface area contributed by atoms with E-state index in [9.17, 15) is 9.59 Å². The number of fused-ring (bicyclic) bond motifs is 5. The summed E-state index contributed by atoms with van der Waals surface area (Å²) in [5.41, 5.74) is 0.734. The van der Waals surface area contributed by atoms with Gasteiger partial charge in [-0.2, -0.15) is 0 Å². The van der Waals surface area contributed by atoms with Crippen molar-refractivity contribution in [3.63, 3.8) is 0 Å². The SMILES string of the molecule is CCCCCCCCCC=C(C)C(=O)O[C@]1(CC)CCC2[C@@H]3CCC4NC(=O)CC[C@]4(C)C3CC[C@@]21C. The van der Waals surface area contributed by atoms with Crippen molar-refractivity contribution >= 4 is 11.9 Å². The van der Waals surface area contributed by atoms with E-state index in [2.05, 4.69) is 39.1 Å². The molecule has 4 heteroatoms. The molecule has 0 bridgehead atoms. The van der Waals surface area contributed by atoms with Crippen molar-refractivity contribution in [3.05, 3.63) is 11.6 Å². The van der Waals surface area contributed by atoms with Crippen molar-refractivity contribution in [1.29, 1.82) is 0 Å². The second kappa shape index (κ2) is 11.8. The van der Waals surface area contributed by atoms with Gasteiger partial charge in [-0.15, -0.1) is 0 Å². The molecule has 1 N–H and O–H groups in total. The van der Waals surface area contributed by atoms with Crippen LogP contribution >= 0.6 is 0 Å². The Bertz CT molecular complexity index is 851. The van der Waals surface area contributed by atoms with Gasteiger partial charge in [0.1, 0.15) is 5.60 Å². The summed E-state index contributed by atoms with van der Waals surface area (Å²) in [6.45, 7) is 11.4. The number of esters is 1. The minimum absolute atomic E-state index is 0.0540. The molecule has 3 saturated carbocycles. The van der Waals surface area contributed by atoms with E-state index in [1.807, 2.05) is 6.92 Å². The number of hydrogen-bond acceptors (Lipinski definition) is 3. The largest absolute Gasteiger partial charge is 0.455 e. The molecule has 0 aromatic carbocycles. The van der Waals surface area contributed by atoms with Gasteiger partial charge >= 0.3 is 5.97 Å². The Labute approximate surface area is 227 Å². The first-order valence-corrected chi connectivity index (χ1v) is 15.9. The Kier molecular flexibility index (Phi) is 9.17. The van der Waals surface area contributed by atoms with Crippen LogP contribution in [-0.2, 0) is 14.3 Å². The van der Waals surface area contributed by atoms with E-state index in [0.717, 1.165) is 44.1 Å². The van der Waals surface area contributed by atoms with Crippen LogP contribution in [0.3, 0.4) is 0 Å². The standard InChI is InChI=1S/C33H55NO3/c1-6-8-9-10-11-12-13-14-15-24(3)30(36)37-33(7-2)23-19-27-25-16-17-28-31(4,21-20-29(35)34-28)26(25)18-22-32(27,33)5/h15,25-28H,6-14,16-23H2,1-5H3,(H,34,35)/t25-,26?,27?,28?,31-,32+,33-/m1/s1. The molecule has 0 radical (unpaired) electrons. The van der Waals surface area contributed by atoms with Crippen LogP contribution in [0.25, 0.3) is 0 Å². The molecule has 1 amide bonds. The summed E-state index contributed by atoms with van der Waals surface area (Å²) in [4.78, 5) is 25.5. The molecule has 0 spiro atoms. The Morgan fingerprint density at radius 2 is 1.65 bits per heavy atom. The van der Waals surface area contributed by atoms with Crippen LogP contribution in [0.15, 0.2) is 11.6 Å². The number of carbonyl (C=O) groups excluding carboxylic acids is 2. The van der Waals surface area contributed by atoms with Gasteiger partial charge in [0.15, 0.2) is 0 Å². The molecule has 0 aromatic heterocycles. The normalized spacial score (nSPS) is 39.4. The molecule has 7 atom stereocenters. The van der Waals surface area contributed by atoms with Crippen LogP contribution in [0.2, 0.25) is 0 Å². The van der Waals surface area contributed by atoms with Crippen LogP contribution in [0.1, 0.15) is 144 Å². The molecule has 0 aromatic rings. The Hall–Kier alpha value is -1.32. The van der Waals surface area contributed by atoms with E-state index < -0.39 is 0 Å². The van der Waals surface area contributed by atoms with E-state index in [1.165, 1.54) is 64.2 Å². The van der Waals surface area contributed by atoms with Gasteiger partial charge in [-0.05, 0) is 94.3 Å². The van der Waals surface area contributed by atoms with Gasteiger partial charge in [0.05, 0.1) is 0 Å². The van der Waals surface area contributed by atoms with Crippen LogP contribution in [0.4, 0.5) is 0 Å². The van der Waals surface area contributed by atoms with Crippen molar-refractivity contribution in [2.24, 2.45) is 28.6 Å². The predicted molar refractivity (Wildman–Crippen MR) is 151 cm³/mol. The molecule has 3 aliphatic carbocycles. The average molecular weight is 514 g/mol. The highest BCUT2D eigenvalue weighted by molar-refractivity contribution is 5.88. The fourth-order valence-electron chi connectivity index (χ4n) is 9.38. The second-order valence-electron chi connectivity index (χ2n) is 13.6. The van der Waals surface area contributed by atoms with Gasteiger partial charge in [-0.1, -0.05) is 72.3 Å². The van der Waals surface area contributed by atoms with Gasteiger partial charge in [0, 0.05) is 23.5 Å². The lowest BCUT2D eigenvalue weighted by atomic mass is 9.46. The highest BCUT2D eigenvalue weighted by Crippen LogP contribution is 2.68. The van der Waals surface area contributed by atoms with E-state index in [0.29, 0.717) is 30.2 Å². The van der Waals surface area contributed by atoms with Crippen LogP contribution in [0.5, 0.6) is 0 Å². The maximum absolute atomic E-state index is 13.3. The number of nitrogens with one attached hydrogen (secondary N) is 1. The van der Waals surface area contributed by atoms with Crippen LogP contribution in [0, 0.1) is 28.6 Å². The number of carbonyl (C=O) groups is 2. The first-order chi connectivity index (χ1) is 17.7. The molecule has 1 aliphatic heterocycles. The van der Waals surface area contributed by atoms with Gasteiger partial charge < -0.3 is 10.1 Å². The summed E-state index contributed by atoms with van der Waals surface area (Å²) in [5.74, 6) is 2.15. The molecule has 3 unspecified atom stereocenters. The third-order valence-electron chi connectivity index (χ3n) is 11.8. The zero-order valence-corrected chi connectivity index (χ0v) is 24.6. The quantitative estimate of drug-likeness (QED) is 0.172. The average Bonchev–Trinajstić information content (AvgIpc) is 3.18. The van der Waals surface area contributed by atoms with Crippen molar-refractivity contribution in [1.82, 2.24) is 5.32 Å². The fraction of sp³-hybridized carbons (Fsp3) is 0.879. The van der Waals surface area contributed by atoms with Crippen molar-refractivity contribution < 1.29 is 14.3 Å². The third kappa shape index (κ3) is 5.42. The molecular formula is C33H55NO3. The number of amides is 1. The van der Waals surface area contributed by atoms with E-state index in [1.54, 1.807) is 0 Å². The van der Waals surface area contributed by atoms with Gasteiger partial charge in [-0.25, -0.2) is 4.79 Å². The zero-order chi connectivity index (χ0) is 26.7. The summed E-state index contributed by atoms with van der Waals surface area (Å²) in [5, 5.41) is 3.35. The monoisotopic (exact) mass is 513 g/mol. The molecule has 4 nitrogen and oxygen atoms in total. The number of piperidine rings is 1. The Balaban J connectivity index is 1.38. The van der Waals surface area contributed by atoms with E-state index in [-0.39, 0.29) is 28.3 Å². The minimum Gasteiger partial charge on any atom is -0.455 e. The zero-order valence-electron chi connectivity index (χ0n) is 24.6. The summed E-state index contributed by atoms with van der Waals surface area (Å²) < 4.78 is 6.57. The maximum Gasteiger partial charge on any atom is 0.333 e. The van der Waals surface area contributed by atoms with Crippen LogP contribution < -0.4 is 5.32 Å². The number of allylic oxidation sites excluding steroid dienone is 1. The smallest absolute Gasteiger partial charge is 0.333 e. The Morgan fingerprint density at radius 3 is 2.38 bits per heavy atom. The molecule has 4 rings (SSSR count). The number of hydrogen-bond donors (Lipinski definition) is 1. The first kappa shape index (κ1) is 28.7. The highest BCUT2D eigenvalue weighted by atomic mass is 16.6. The third-order valence-corrected chi connectivity index (χ3v) is 11.8. The first-order valence-electron chi connectivity index (χ1n) is 15.9. The van der Waals surface area contributed by atoms with Crippen molar-refractivity contribution in [2.45, 2.75) is 155 Å². The molecule has 4 fully saturated rings. The van der Waals surface area contributed by atoms with E-state index >= 15 is 0 Å². The molecule has 37 heavy (non-hydrogen) atoms.